The number of oxazole rings is 1. The maximum absolute atomic E-state index is 12.5. The molecule has 2 rings (SSSR count). The Bertz CT molecular complexity index is 531. The summed E-state index contributed by atoms with van der Waals surface area (Å²) < 4.78 is 42.0. The summed E-state index contributed by atoms with van der Waals surface area (Å²) in [5.41, 5.74) is -0.359. The molecule has 0 fully saturated rings. The number of rotatable bonds is 2. The number of carbonyl (C=O) groups is 1. The Kier molecular flexibility index (Phi) is 2.71. The van der Waals surface area contributed by atoms with Crippen molar-refractivity contribution < 1.29 is 22.4 Å². The lowest BCUT2D eigenvalue weighted by Gasteiger charge is -2.00. The largest absolute Gasteiger partial charge is 0.452 e. The summed E-state index contributed by atoms with van der Waals surface area (Å²) in [5.74, 6) is -1.59. The molecule has 0 saturated carbocycles. The second kappa shape index (κ2) is 4.04. The van der Waals surface area contributed by atoms with Crippen LogP contribution in [0.25, 0.3) is 11.5 Å². The van der Waals surface area contributed by atoms with Crippen molar-refractivity contribution >= 4 is 6.29 Å². The van der Waals surface area contributed by atoms with Crippen LogP contribution in [0.5, 0.6) is 0 Å². The summed E-state index contributed by atoms with van der Waals surface area (Å²) in [4.78, 5) is 14.0. The predicted molar refractivity (Wildman–Crippen MR) is 52.3 cm³/mol. The molecule has 1 heterocycles. The van der Waals surface area contributed by atoms with Crippen molar-refractivity contribution in [3.05, 3.63) is 41.8 Å². The fourth-order valence-corrected chi connectivity index (χ4v) is 1.32. The third-order valence-electron chi connectivity index (χ3n) is 2.04. The highest BCUT2D eigenvalue weighted by molar-refractivity contribution is 5.75. The van der Waals surface area contributed by atoms with Crippen molar-refractivity contribution in [2.24, 2.45) is 0 Å². The van der Waals surface area contributed by atoms with Crippen LogP contribution >= 0.6 is 0 Å². The molecular formula is C11H6F3NO2. The molecule has 17 heavy (non-hydrogen) atoms. The normalized spacial score (nSPS) is 11.5. The van der Waals surface area contributed by atoms with Gasteiger partial charge < -0.3 is 4.42 Å². The molecule has 6 heteroatoms. The van der Waals surface area contributed by atoms with Gasteiger partial charge in [0.2, 0.25) is 11.7 Å². The fourth-order valence-electron chi connectivity index (χ4n) is 1.32. The van der Waals surface area contributed by atoms with Crippen LogP contribution in [0.1, 0.15) is 16.2 Å². The number of nitrogens with zero attached hydrogens (tertiary/aromatic N) is 1. The molecule has 88 valence electrons. The van der Waals surface area contributed by atoms with E-state index >= 15 is 0 Å². The van der Waals surface area contributed by atoms with Gasteiger partial charge in [-0.05, 0) is 12.1 Å². The van der Waals surface area contributed by atoms with Gasteiger partial charge in [0.05, 0.1) is 0 Å². The molecule has 0 bridgehead atoms. The molecule has 1 aromatic heterocycles. The molecule has 1 aromatic carbocycles. The number of halogens is 3. The van der Waals surface area contributed by atoms with Gasteiger partial charge >= 0.3 is 6.18 Å². The van der Waals surface area contributed by atoms with Crippen molar-refractivity contribution in [1.82, 2.24) is 4.98 Å². The smallest absolute Gasteiger partial charge is 0.431 e. The second-order valence-corrected chi connectivity index (χ2v) is 3.22. The van der Waals surface area contributed by atoms with Gasteiger partial charge in [-0.3, -0.25) is 4.79 Å². The Hall–Kier alpha value is -2.11. The van der Waals surface area contributed by atoms with Crippen LogP contribution in [0.2, 0.25) is 0 Å². The minimum Gasteiger partial charge on any atom is -0.431 e. The van der Waals surface area contributed by atoms with Crippen LogP contribution in [0.3, 0.4) is 0 Å². The molecule has 0 radical (unpaired) electrons. The maximum atomic E-state index is 12.5. The fraction of sp³-hybridized carbons (Fsp3) is 0.0909. The van der Waals surface area contributed by atoms with Gasteiger partial charge in [-0.25, -0.2) is 4.98 Å². The van der Waals surface area contributed by atoms with Crippen molar-refractivity contribution in [2.45, 2.75) is 6.18 Å². The zero-order valence-electron chi connectivity index (χ0n) is 8.36. The molecule has 0 amide bonds. The number of hydrogen-bond acceptors (Lipinski definition) is 3. The van der Waals surface area contributed by atoms with E-state index in [-0.39, 0.29) is 12.2 Å². The maximum Gasteiger partial charge on any atom is 0.452 e. The highest BCUT2D eigenvalue weighted by atomic mass is 19.4. The van der Waals surface area contributed by atoms with Gasteiger partial charge in [-0.15, -0.1) is 0 Å². The summed E-state index contributed by atoms with van der Waals surface area (Å²) in [6.07, 6.45) is -4.70. The van der Waals surface area contributed by atoms with Crippen molar-refractivity contribution in [2.75, 3.05) is 0 Å². The molecule has 0 aliphatic heterocycles. The van der Waals surface area contributed by atoms with E-state index in [0.29, 0.717) is 5.56 Å². The van der Waals surface area contributed by atoms with E-state index in [4.69, 9.17) is 0 Å². The summed E-state index contributed by atoms with van der Waals surface area (Å²) >= 11 is 0. The summed E-state index contributed by atoms with van der Waals surface area (Å²) in [6, 6.07) is 8.06. The van der Waals surface area contributed by atoms with Crippen LogP contribution in [0, 0.1) is 0 Å². The Labute approximate surface area is 93.9 Å². The first kappa shape index (κ1) is 11.4. The average molecular weight is 241 g/mol. The van der Waals surface area contributed by atoms with E-state index in [1.807, 2.05) is 0 Å². The highest BCUT2D eigenvalue weighted by Crippen LogP contribution is 2.34. The van der Waals surface area contributed by atoms with E-state index in [1.54, 1.807) is 30.3 Å². The zero-order chi connectivity index (χ0) is 12.5. The van der Waals surface area contributed by atoms with E-state index in [2.05, 4.69) is 9.40 Å². The molecule has 0 N–H and O–H groups in total. The number of hydrogen-bond donors (Lipinski definition) is 0. The van der Waals surface area contributed by atoms with E-state index in [9.17, 15) is 18.0 Å². The molecule has 0 aliphatic rings. The van der Waals surface area contributed by atoms with E-state index < -0.39 is 17.6 Å². The van der Waals surface area contributed by atoms with Crippen LogP contribution in [-0.4, -0.2) is 11.3 Å². The van der Waals surface area contributed by atoms with Gasteiger partial charge in [-0.1, -0.05) is 18.2 Å². The van der Waals surface area contributed by atoms with Gasteiger partial charge in [0, 0.05) is 5.56 Å². The molecule has 0 unspecified atom stereocenters. The third-order valence-corrected chi connectivity index (χ3v) is 2.04. The number of benzene rings is 1. The van der Waals surface area contributed by atoms with E-state index in [1.165, 1.54) is 0 Å². The standard InChI is InChI=1S/C11H6F3NO2/c12-11(13,14)9-8(6-16)15-10(17-9)7-4-2-1-3-5-7/h1-6H. The van der Waals surface area contributed by atoms with Crippen molar-refractivity contribution in [1.29, 1.82) is 0 Å². The third kappa shape index (κ3) is 2.20. The topological polar surface area (TPSA) is 43.1 Å². The predicted octanol–water partition coefficient (Wildman–Crippen LogP) is 3.17. The van der Waals surface area contributed by atoms with E-state index in [0.717, 1.165) is 0 Å². The number of aldehydes is 1. The number of alkyl halides is 3. The number of aromatic nitrogens is 1. The molecule has 0 atom stereocenters. The lowest BCUT2D eigenvalue weighted by Crippen LogP contribution is -2.06. The van der Waals surface area contributed by atoms with Gasteiger partial charge in [0.1, 0.15) is 0 Å². The molecule has 0 spiro atoms. The Morgan fingerprint density at radius 1 is 1.18 bits per heavy atom. The quantitative estimate of drug-likeness (QED) is 0.758. The summed E-state index contributed by atoms with van der Waals surface area (Å²) in [5, 5.41) is 0. The zero-order valence-corrected chi connectivity index (χ0v) is 8.36. The molecule has 0 aliphatic carbocycles. The van der Waals surface area contributed by atoms with Gasteiger partial charge in [0.15, 0.2) is 12.0 Å². The van der Waals surface area contributed by atoms with Crippen LogP contribution in [0.15, 0.2) is 34.7 Å². The average Bonchev–Trinajstić information content (AvgIpc) is 2.74. The monoisotopic (exact) mass is 241 g/mol. The first-order chi connectivity index (χ1) is 8.02. The molecule has 0 saturated heterocycles. The van der Waals surface area contributed by atoms with Crippen molar-refractivity contribution in [3.63, 3.8) is 0 Å². The minimum absolute atomic E-state index is 0.0266. The Morgan fingerprint density at radius 2 is 1.82 bits per heavy atom. The van der Waals surface area contributed by atoms with Crippen molar-refractivity contribution in [3.8, 4) is 11.5 Å². The van der Waals surface area contributed by atoms with Crippen LogP contribution in [-0.2, 0) is 6.18 Å². The summed E-state index contributed by atoms with van der Waals surface area (Å²) in [7, 11) is 0. The molecular weight excluding hydrogens is 235 g/mol. The molecule has 3 nitrogen and oxygen atoms in total. The first-order valence-corrected chi connectivity index (χ1v) is 4.61. The van der Waals surface area contributed by atoms with Gasteiger partial charge in [0.25, 0.3) is 0 Å². The first-order valence-electron chi connectivity index (χ1n) is 4.61. The lowest BCUT2D eigenvalue weighted by molar-refractivity contribution is -0.152. The molecule has 2 aromatic rings. The van der Waals surface area contributed by atoms with Gasteiger partial charge in [-0.2, -0.15) is 13.2 Å². The Balaban J connectivity index is 2.53. The van der Waals surface area contributed by atoms with Crippen LogP contribution < -0.4 is 0 Å². The number of carbonyl (C=O) groups excluding carboxylic acids is 1. The Morgan fingerprint density at radius 3 is 2.29 bits per heavy atom. The summed E-state index contributed by atoms with van der Waals surface area (Å²) in [6.45, 7) is 0. The second-order valence-electron chi connectivity index (χ2n) is 3.22. The lowest BCUT2D eigenvalue weighted by atomic mass is 10.2. The minimum atomic E-state index is -4.73. The highest BCUT2D eigenvalue weighted by Gasteiger charge is 2.39. The SMILES string of the molecule is O=Cc1nc(-c2ccccc2)oc1C(F)(F)F. The van der Waals surface area contributed by atoms with Crippen LogP contribution in [0.4, 0.5) is 13.2 Å².